The lowest BCUT2D eigenvalue weighted by Crippen LogP contribution is -2.36. The summed E-state index contributed by atoms with van der Waals surface area (Å²) in [4.78, 5) is 29.4. The quantitative estimate of drug-likeness (QED) is 0.738. The summed E-state index contributed by atoms with van der Waals surface area (Å²) < 4.78 is 0.864. The predicted molar refractivity (Wildman–Crippen MR) is 114 cm³/mol. The summed E-state index contributed by atoms with van der Waals surface area (Å²) in [7, 11) is 2.11. The Kier molecular flexibility index (Phi) is 5.40. The van der Waals surface area contributed by atoms with Gasteiger partial charge in [0.05, 0.1) is 5.69 Å². The molecule has 1 saturated heterocycles. The van der Waals surface area contributed by atoms with E-state index in [0.29, 0.717) is 19.5 Å². The Hall–Kier alpha value is -2.34. The number of fused-ring (bicyclic) bond motifs is 1. The van der Waals surface area contributed by atoms with E-state index in [1.54, 1.807) is 4.90 Å². The number of hydrogen-bond acceptors (Lipinski definition) is 3. The van der Waals surface area contributed by atoms with Gasteiger partial charge in [-0.15, -0.1) is 0 Å². The Labute approximate surface area is 173 Å². The lowest BCUT2D eigenvalue weighted by molar-refractivity contribution is -0.132. The summed E-state index contributed by atoms with van der Waals surface area (Å²) in [5, 5.41) is 2.96. The largest absolute Gasteiger partial charge is 0.374 e. The molecule has 2 aliphatic heterocycles. The number of nitrogens with zero attached hydrogens (tertiary/aromatic N) is 2. The van der Waals surface area contributed by atoms with Crippen molar-refractivity contribution in [1.82, 2.24) is 5.32 Å². The van der Waals surface area contributed by atoms with Crippen LogP contribution in [0.4, 0.5) is 11.4 Å². The molecule has 2 amide bonds. The number of nitrogens with one attached hydrogen (secondary N) is 1. The van der Waals surface area contributed by atoms with Crippen molar-refractivity contribution in [2.75, 3.05) is 29.9 Å². The molecule has 146 valence electrons. The molecule has 28 heavy (non-hydrogen) atoms. The molecule has 2 aromatic carbocycles. The molecular formula is C22H24BrN3O2. The van der Waals surface area contributed by atoms with Gasteiger partial charge in [-0.05, 0) is 64.5 Å². The number of aryl methyl sites for hydroxylation is 1. The monoisotopic (exact) mass is 441 g/mol. The molecule has 1 fully saturated rings. The molecule has 0 spiro atoms. The molecule has 6 heteroatoms. The number of rotatable bonds is 4. The van der Waals surface area contributed by atoms with Gasteiger partial charge in [-0.2, -0.15) is 0 Å². The molecule has 0 aliphatic carbocycles. The van der Waals surface area contributed by atoms with E-state index in [1.165, 1.54) is 11.3 Å². The van der Waals surface area contributed by atoms with Crippen LogP contribution in [0.25, 0.3) is 0 Å². The zero-order chi connectivity index (χ0) is 19.7. The van der Waals surface area contributed by atoms with E-state index >= 15 is 0 Å². The standard InChI is InChI=1S/C22H24BrN3O2/c1-25-11-4-5-16-13-15(8-9-19(16)25)14-24-21(27)17-10-12-26(22(17)28)20-7-3-2-6-18(20)23/h2-3,6-9,13,17H,4-5,10-12,14H2,1H3,(H,24,27). The molecule has 0 radical (unpaired) electrons. The fraction of sp³-hybridized carbons (Fsp3) is 0.364. The molecule has 0 bridgehead atoms. The fourth-order valence-electron chi connectivity index (χ4n) is 4.09. The van der Waals surface area contributed by atoms with E-state index in [0.717, 1.165) is 35.1 Å². The number of carbonyl (C=O) groups excluding carboxylic acids is 2. The minimum atomic E-state index is -0.615. The number of carbonyl (C=O) groups is 2. The highest BCUT2D eigenvalue weighted by Gasteiger charge is 2.38. The number of para-hydroxylation sites is 1. The van der Waals surface area contributed by atoms with Crippen LogP contribution in [0.5, 0.6) is 0 Å². The Morgan fingerprint density at radius 3 is 2.82 bits per heavy atom. The molecule has 4 rings (SSSR count). The minimum Gasteiger partial charge on any atom is -0.374 e. The Balaban J connectivity index is 1.39. The third kappa shape index (κ3) is 3.65. The highest BCUT2D eigenvalue weighted by atomic mass is 79.9. The first kappa shape index (κ1) is 19.0. The average molecular weight is 442 g/mol. The van der Waals surface area contributed by atoms with Gasteiger partial charge >= 0.3 is 0 Å². The van der Waals surface area contributed by atoms with Crippen LogP contribution < -0.4 is 15.1 Å². The summed E-state index contributed by atoms with van der Waals surface area (Å²) in [5.74, 6) is -0.929. The maximum absolute atomic E-state index is 12.8. The Morgan fingerprint density at radius 2 is 2.00 bits per heavy atom. The normalized spacial score (nSPS) is 18.9. The third-order valence-corrected chi connectivity index (χ3v) is 6.30. The number of hydrogen-bond donors (Lipinski definition) is 1. The van der Waals surface area contributed by atoms with Crippen LogP contribution in [-0.4, -0.2) is 32.0 Å². The van der Waals surface area contributed by atoms with Gasteiger partial charge in [0, 0.05) is 36.8 Å². The molecular weight excluding hydrogens is 418 g/mol. The first-order chi connectivity index (χ1) is 13.5. The molecule has 2 heterocycles. The van der Waals surface area contributed by atoms with Gasteiger partial charge in [-0.1, -0.05) is 24.3 Å². The van der Waals surface area contributed by atoms with Crippen molar-refractivity contribution in [3.8, 4) is 0 Å². The second kappa shape index (κ2) is 7.95. The average Bonchev–Trinajstić information content (AvgIpc) is 3.08. The van der Waals surface area contributed by atoms with Crippen LogP contribution in [0.1, 0.15) is 24.0 Å². The van der Waals surface area contributed by atoms with Crippen LogP contribution in [0.3, 0.4) is 0 Å². The highest BCUT2D eigenvalue weighted by Crippen LogP contribution is 2.31. The summed E-state index contributed by atoms with van der Waals surface area (Å²) in [5.41, 5.74) is 4.51. The van der Waals surface area contributed by atoms with Crippen molar-refractivity contribution in [3.63, 3.8) is 0 Å². The van der Waals surface area contributed by atoms with Crippen LogP contribution >= 0.6 is 15.9 Å². The van der Waals surface area contributed by atoms with Gasteiger partial charge in [0.2, 0.25) is 11.8 Å². The second-order valence-corrected chi connectivity index (χ2v) is 8.34. The maximum Gasteiger partial charge on any atom is 0.239 e. The molecule has 0 saturated carbocycles. The molecule has 2 aliphatic rings. The zero-order valence-electron chi connectivity index (χ0n) is 16.0. The smallest absolute Gasteiger partial charge is 0.239 e. The topological polar surface area (TPSA) is 52.7 Å². The van der Waals surface area contributed by atoms with Crippen molar-refractivity contribution in [3.05, 3.63) is 58.1 Å². The Bertz CT molecular complexity index is 914. The number of amides is 2. The van der Waals surface area contributed by atoms with Crippen molar-refractivity contribution in [2.45, 2.75) is 25.8 Å². The van der Waals surface area contributed by atoms with Gasteiger partial charge in [-0.25, -0.2) is 0 Å². The number of anilines is 2. The summed E-state index contributed by atoms with van der Waals surface area (Å²) in [6.07, 6.45) is 2.77. The van der Waals surface area contributed by atoms with Crippen LogP contribution in [-0.2, 0) is 22.6 Å². The van der Waals surface area contributed by atoms with E-state index in [2.05, 4.69) is 51.4 Å². The van der Waals surface area contributed by atoms with E-state index < -0.39 is 5.92 Å². The molecule has 2 aromatic rings. The molecule has 1 atom stereocenters. The van der Waals surface area contributed by atoms with Gasteiger partial charge in [-0.3, -0.25) is 9.59 Å². The first-order valence-electron chi connectivity index (χ1n) is 9.71. The Morgan fingerprint density at radius 1 is 1.18 bits per heavy atom. The lowest BCUT2D eigenvalue weighted by atomic mass is 9.99. The fourth-order valence-corrected chi connectivity index (χ4v) is 4.59. The molecule has 5 nitrogen and oxygen atoms in total. The van der Waals surface area contributed by atoms with Crippen molar-refractivity contribution in [2.24, 2.45) is 5.92 Å². The summed E-state index contributed by atoms with van der Waals surface area (Å²) >= 11 is 3.49. The minimum absolute atomic E-state index is 0.128. The number of halogens is 1. The lowest BCUT2D eigenvalue weighted by Gasteiger charge is -2.27. The van der Waals surface area contributed by atoms with Gasteiger partial charge in [0.25, 0.3) is 0 Å². The van der Waals surface area contributed by atoms with E-state index in [9.17, 15) is 9.59 Å². The van der Waals surface area contributed by atoms with Crippen LogP contribution in [0.15, 0.2) is 46.9 Å². The predicted octanol–water partition coefficient (Wildman–Crippen LogP) is 3.50. The van der Waals surface area contributed by atoms with Crippen molar-refractivity contribution >= 4 is 39.1 Å². The maximum atomic E-state index is 12.8. The highest BCUT2D eigenvalue weighted by molar-refractivity contribution is 9.10. The molecule has 1 N–H and O–H groups in total. The van der Waals surface area contributed by atoms with Crippen LogP contribution in [0.2, 0.25) is 0 Å². The molecule has 0 aromatic heterocycles. The third-order valence-electron chi connectivity index (χ3n) is 5.63. The van der Waals surface area contributed by atoms with Crippen LogP contribution in [0, 0.1) is 5.92 Å². The molecule has 1 unspecified atom stereocenters. The van der Waals surface area contributed by atoms with Crippen molar-refractivity contribution in [1.29, 1.82) is 0 Å². The van der Waals surface area contributed by atoms with Gasteiger partial charge < -0.3 is 15.1 Å². The van der Waals surface area contributed by atoms with Gasteiger partial charge in [0.1, 0.15) is 5.92 Å². The number of benzene rings is 2. The van der Waals surface area contributed by atoms with E-state index in [1.807, 2.05) is 24.3 Å². The van der Waals surface area contributed by atoms with Crippen molar-refractivity contribution < 1.29 is 9.59 Å². The van der Waals surface area contributed by atoms with Gasteiger partial charge in [0.15, 0.2) is 0 Å². The van der Waals surface area contributed by atoms with E-state index in [-0.39, 0.29) is 11.8 Å². The SMILES string of the molecule is CN1CCCc2cc(CNC(=O)C3CCN(c4ccccc4Br)C3=O)ccc21. The van der Waals surface area contributed by atoms with E-state index in [4.69, 9.17) is 0 Å². The first-order valence-corrected chi connectivity index (χ1v) is 10.5. The zero-order valence-corrected chi connectivity index (χ0v) is 17.5. The second-order valence-electron chi connectivity index (χ2n) is 7.49. The summed E-state index contributed by atoms with van der Waals surface area (Å²) in [6.45, 7) is 2.10. The summed E-state index contributed by atoms with van der Waals surface area (Å²) in [6, 6.07) is 14.0.